The predicted octanol–water partition coefficient (Wildman–Crippen LogP) is 0.459. The highest BCUT2D eigenvalue weighted by atomic mass is 32.1. The van der Waals surface area contributed by atoms with Crippen molar-refractivity contribution in [1.82, 2.24) is 10.2 Å². The van der Waals surface area contributed by atoms with Crippen molar-refractivity contribution in [2.75, 3.05) is 27.2 Å². The van der Waals surface area contributed by atoms with Crippen molar-refractivity contribution in [3.63, 3.8) is 0 Å². The highest BCUT2D eigenvalue weighted by Gasteiger charge is 2.15. The van der Waals surface area contributed by atoms with Gasteiger partial charge in [-0.25, -0.2) is 0 Å². The number of ketones is 1. The molecule has 0 bridgehead atoms. The van der Waals surface area contributed by atoms with Crippen LogP contribution in [0.15, 0.2) is 17.5 Å². The van der Waals surface area contributed by atoms with Crippen LogP contribution in [0.2, 0.25) is 0 Å². The maximum absolute atomic E-state index is 11.7. The van der Waals surface area contributed by atoms with E-state index in [0.29, 0.717) is 4.88 Å². The molecule has 2 amide bonds. The quantitative estimate of drug-likeness (QED) is 0.553. The fraction of sp³-hybridized carbons (Fsp3) is 0.429. The Balaban J connectivity index is 2.26. The zero-order valence-corrected chi connectivity index (χ0v) is 13.3. The smallest absolute Gasteiger partial charge is 0.306 e. The molecule has 1 aromatic heterocycles. The van der Waals surface area contributed by atoms with E-state index in [1.165, 1.54) is 25.4 Å². The summed E-state index contributed by atoms with van der Waals surface area (Å²) in [6.45, 7) is -0.552. The maximum Gasteiger partial charge on any atom is 0.306 e. The Morgan fingerprint density at radius 1 is 1.27 bits per heavy atom. The summed E-state index contributed by atoms with van der Waals surface area (Å²) in [6, 6.07) is 3.45. The van der Waals surface area contributed by atoms with Crippen molar-refractivity contribution in [2.24, 2.45) is 0 Å². The average Bonchev–Trinajstić information content (AvgIpc) is 3.04. The van der Waals surface area contributed by atoms with Gasteiger partial charge >= 0.3 is 5.97 Å². The van der Waals surface area contributed by atoms with Crippen molar-refractivity contribution >= 4 is 34.9 Å². The number of hydrogen-bond acceptors (Lipinski definition) is 6. The van der Waals surface area contributed by atoms with Gasteiger partial charge in [-0.1, -0.05) is 6.07 Å². The molecule has 0 saturated heterocycles. The van der Waals surface area contributed by atoms with Crippen LogP contribution in [-0.2, 0) is 19.1 Å². The van der Waals surface area contributed by atoms with Crippen LogP contribution in [0, 0.1) is 0 Å². The zero-order chi connectivity index (χ0) is 16.5. The molecule has 0 aliphatic carbocycles. The number of hydrogen-bond donors (Lipinski definition) is 1. The summed E-state index contributed by atoms with van der Waals surface area (Å²) >= 11 is 1.31. The normalized spacial score (nSPS) is 9.91. The van der Waals surface area contributed by atoms with E-state index in [2.05, 4.69) is 5.32 Å². The molecule has 120 valence electrons. The number of ether oxygens (including phenoxy) is 1. The number of nitrogens with one attached hydrogen (secondary N) is 1. The molecule has 1 heterocycles. The Bertz CT molecular complexity index is 541. The molecule has 0 atom stereocenters. The second kappa shape index (κ2) is 8.93. The molecule has 22 heavy (non-hydrogen) atoms. The molecule has 0 aliphatic rings. The Kier molecular flexibility index (Phi) is 7.24. The molecule has 8 heteroatoms. The molecule has 1 aromatic rings. The molecular weight excluding hydrogens is 308 g/mol. The van der Waals surface area contributed by atoms with Gasteiger partial charge in [0.15, 0.2) is 12.4 Å². The lowest BCUT2D eigenvalue weighted by Crippen LogP contribution is -2.39. The topological polar surface area (TPSA) is 92.8 Å². The van der Waals surface area contributed by atoms with Gasteiger partial charge in [0.05, 0.1) is 17.8 Å². The van der Waals surface area contributed by atoms with E-state index in [1.54, 1.807) is 17.5 Å². The van der Waals surface area contributed by atoms with Crippen molar-refractivity contribution < 1.29 is 23.9 Å². The van der Waals surface area contributed by atoms with E-state index in [1.807, 2.05) is 0 Å². The van der Waals surface area contributed by atoms with Gasteiger partial charge in [-0.2, -0.15) is 0 Å². The van der Waals surface area contributed by atoms with Crippen molar-refractivity contribution in [1.29, 1.82) is 0 Å². The minimum atomic E-state index is -0.619. The Morgan fingerprint density at radius 3 is 2.59 bits per heavy atom. The summed E-state index contributed by atoms with van der Waals surface area (Å²) in [7, 11) is 2.90. The molecule has 0 unspecified atom stereocenters. The van der Waals surface area contributed by atoms with E-state index in [0.717, 1.165) is 4.90 Å². The van der Waals surface area contributed by atoms with E-state index >= 15 is 0 Å². The number of likely N-dealkylation sites (N-methyl/N-ethyl adjacent to an activating group) is 2. The largest absolute Gasteiger partial charge is 0.456 e. The van der Waals surface area contributed by atoms with E-state index in [4.69, 9.17) is 4.74 Å². The third kappa shape index (κ3) is 6.04. The SMILES string of the molecule is CNC(=O)CN(C)C(=O)COC(=O)CCC(=O)c1cccs1. The molecule has 1 rings (SSSR count). The summed E-state index contributed by atoms with van der Waals surface area (Å²) in [6.07, 6.45) is -0.0369. The van der Waals surface area contributed by atoms with Gasteiger partial charge in [-0.05, 0) is 11.4 Å². The average molecular weight is 326 g/mol. The first-order valence-corrected chi connectivity index (χ1v) is 7.49. The number of carbonyl (C=O) groups is 4. The van der Waals surface area contributed by atoms with E-state index in [-0.39, 0.29) is 31.1 Å². The summed E-state index contributed by atoms with van der Waals surface area (Å²) < 4.78 is 4.80. The molecule has 0 fully saturated rings. The second-order valence-electron chi connectivity index (χ2n) is 4.48. The number of nitrogens with zero attached hydrogens (tertiary/aromatic N) is 1. The van der Waals surface area contributed by atoms with E-state index in [9.17, 15) is 19.2 Å². The first-order chi connectivity index (χ1) is 10.4. The molecule has 0 spiro atoms. The molecule has 0 saturated carbocycles. The van der Waals surface area contributed by atoms with Gasteiger partial charge in [0.25, 0.3) is 5.91 Å². The van der Waals surface area contributed by atoms with Crippen LogP contribution in [0.5, 0.6) is 0 Å². The summed E-state index contributed by atoms with van der Waals surface area (Å²) in [5.41, 5.74) is 0. The molecule has 7 nitrogen and oxygen atoms in total. The molecular formula is C14H18N2O5S. The lowest BCUT2D eigenvalue weighted by atomic mass is 10.2. The van der Waals surface area contributed by atoms with Crippen molar-refractivity contribution in [3.05, 3.63) is 22.4 Å². The van der Waals surface area contributed by atoms with Crippen LogP contribution in [0.25, 0.3) is 0 Å². The summed E-state index contributed by atoms with van der Waals surface area (Å²) in [5.74, 6) is -1.55. The third-order valence-electron chi connectivity index (χ3n) is 2.79. The highest BCUT2D eigenvalue weighted by molar-refractivity contribution is 7.12. The number of rotatable bonds is 8. The maximum atomic E-state index is 11.7. The standard InChI is InChI=1S/C14H18N2O5S/c1-15-12(18)8-16(2)13(19)9-21-14(20)6-5-10(17)11-4-3-7-22-11/h3-4,7H,5-6,8-9H2,1-2H3,(H,15,18). The third-order valence-corrected chi connectivity index (χ3v) is 3.71. The van der Waals surface area contributed by atoms with Crippen LogP contribution in [0.4, 0.5) is 0 Å². The van der Waals surface area contributed by atoms with Crippen LogP contribution in [-0.4, -0.2) is 55.7 Å². The van der Waals surface area contributed by atoms with Crippen molar-refractivity contribution in [2.45, 2.75) is 12.8 Å². The van der Waals surface area contributed by atoms with Crippen LogP contribution in [0.3, 0.4) is 0 Å². The highest BCUT2D eigenvalue weighted by Crippen LogP contribution is 2.12. The number of esters is 1. The number of carbonyl (C=O) groups excluding carboxylic acids is 4. The van der Waals surface area contributed by atoms with E-state index < -0.39 is 18.5 Å². The fourth-order valence-electron chi connectivity index (χ4n) is 1.48. The van der Waals surface area contributed by atoms with Crippen LogP contribution >= 0.6 is 11.3 Å². The van der Waals surface area contributed by atoms with Gasteiger partial charge in [0.2, 0.25) is 5.91 Å². The number of Topliss-reactive ketones (excluding diaryl/α,β-unsaturated/α-hetero) is 1. The Hall–Kier alpha value is -2.22. The van der Waals surface area contributed by atoms with Gasteiger partial charge in [0.1, 0.15) is 0 Å². The molecule has 0 radical (unpaired) electrons. The van der Waals surface area contributed by atoms with Crippen molar-refractivity contribution in [3.8, 4) is 0 Å². The minimum absolute atomic E-state index is 0.0433. The summed E-state index contributed by atoms with van der Waals surface area (Å²) in [5, 5.41) is 4.17. The Labute approximate surface area is 132 Å². The van der Waals surface area contributed by atoms with Crippen LogP contribution in [0.1, 0.15) is 22.5 Å². The fourth-order valence-corrected chi connectivity index (χ4v) is 2.18. The Morgan fingerprint density at radius 2 is 2.00 bits per heavy atom. The second-order valence-corrected chi connectivity index (χ2v) is 5.43. The minimum Gasteiger partial charge on any atom is -0.456 e. The lowest BCUT2D eigenvalue weighted by molar-refractivity contribution is -0.151. The monoisotopic (exact) mass is 326 g/mol. The van der Waals surface area contributed by atoms with Gasteiger partial charge in [0, 0.05) is 20.5 Å². The molecule has 0 aromatic carbocycles. The van der Waals surface area contributed by atoms with Gasteiger partial charge in [-0.15, -0.1) is 11.3 Å². The van der Waals surface area contributed by atoms with Gasteiger partial charge in [-0.3, -0.25) is 19.2 Å². The van der Waals surface area contributed by atoms with Gasteiger partial charge < -0.3 is 15.0 Å². The first-order valence-electron chi connectivity index (χ1n) is 6.61. The lowest BCUT2D eigenvalue weighted by Gasteiger charge is -2.15. The number of amides is 2. The molecule has 1 N–H and O–H groups in total. The first kappa shape index (κ1) is 17.8. The summed E-state index contributed by atoms with van der Waals surface area (Å²) in [4.78, 5) is 47.7. The predicted molar refractivity (Wildman–Crippen MR) is 80.5 cm³/mol. The zero-order valence-electron chi connectivity index (χ0n) is 12.5. The van der Waals surface area contributed by atoms with Crippen LogP contribution < -0.4 is 5.32 Å². The molecule has 0 aliphatic heterocycles. The number of thiophene rings is 1.